The third-order valence-electron chi connectivity index (χ3n) is 3.07. The topological polar surface area (TPSA) is 30.5 Å². The van der Waals surface area contributed by atoms with Crippen molar-refractivity contribution in [3.8, 4) is 11.5 Å². The second-order valence-electron chi connectivity index (χ2n) is 4.51. The van der Waals surface area contributed by atoms with E-state index in [9.17, 15) is 0 Å². The molecule has 98 valence electrons. The van der Waals surface area contributed by atoms with Gasteiger partial charge in [0.2, 0.25) is 0 Å². The minimum absolute atomic E-state index is 0.644. The number of nitrogens with one attached hydrogen (secondary N) is 1. The normalized spacial score (nSPS) is 13.4. The van der Waals surface area contributed by atoms with Crippen LogP contribution in [0.5, 0.6) is 11.5 Å². The molecule has 0 aromatic heterocycles. The highest BCUT2D eigenvalue weighted by Crippen LogP contribution is 2.30. The van der Waals surface area contributed by atoms with E-state index in [1.54, 1.807) is 0 Å². The van der Waals surface area contributed by atoms with Crippen molar-refractivity contribution in [1.29, 1.82) is 0 Å². The predicted molar refractivity (Wildman–Crippen MR) is 73.4 cm³/mol. The van der Waals surface area contributed by atoms with Crippen LogP contribution in [-0.2, 0) is 6.42 Å². The lowest BCUT2D eigenvalue weighted by atomic mass is 10.1. The number of hydrogen-bond donors (Lipinski definition) is 1. The Balaban J connectivity index is 1.81. The van der Waals surface area contributed by atoms with Gasteiger partial charge in [-0.2, -0.15) is 0 Å². The highest BCUT2D eigenvalue weighted by molar-refractivity contribution is 5.43. The van der Waals surface area contributed by atoms with E-state index in [0.717, 1.165) is 37.4 Å². The highest BCUT2D eigenvalue weighted by Gasteiger charge is 2.11. The molecule has 0 spiro atoms. The Morgan fingerprint density at radius 1 is 1.28 bits per heavy atom. The van der Waals surface area contributed by atoms with Gasteiger partial charge in [0.05, 0.1) is 0 Å². The first kappa shape index (κ1) is 13.0. The van der Waals surface area contributed by atoms with E-state index in [1.807, 2.05) is 6.07 Å². The van der Waals surface area contributed by atoms with Crippen LogP contribution in [0.15, 0.2) is 30.4 Å². The van der Waals surface area contributed by atoms with Crippen molar-refractivity contribution in [3.63, 3.8) is 0 Å². The van der Waals surface area contributed by atoms with Crippen LogP contribution < -0.4 is 14.8 Å². The average Bonchev–Trinajstić information content (AvgIpc) is 2.43. The molecule has 1 aliphatic heterocycles. The zero-order valence-electron chi connectivity index (χ0n) is 11.0. The summed E-state index contributed by atoms with van der Waals surface area (Å²) in [6.07, 6.45) is 2.03. The molecule has 1 aromatic carbocycles. The van der Waals surface area contributed by atoms with E-state index in [2.05, 4.69) is 31.0 Å². The number of ether oxygens (including phenoxy) is 2. The second-order valence-corrected chi connectivity index (χ2v) is 4.51. The predicted octanol–water partition coefficient (Wildman–Crippen LogP) is 2.56. The van der Waals surface area contributed by atoms with Crippen molar-refractivity contribution < 1.29 is 9.47 Å². The lowest BCUT2D eigenvalue weighted by molar-refractivity contribution is 0.171. The molecule has 1 aromatic rings. The molecular weight excluding hydrogens is 226 g/mol. The van der Waals surface area contributed by atoms with Gasteiger partial charge in [-0.25, -0.2) is 0 Å². The zero-order valence-corrected chi connectivity index (χ0v) is 11.0. The molecular formula is C15H21NO2. The van der Waals surface area contributed by atoms with Crippen molar-refractivity contribution >= 4 is 0 Å². The SMILES string of the molecule is C=C(CC)CNCCc1ccc2c(c1)OCCO2. The monoisotopic (exact) mass is 247 g/mol. The summed E-state index contributed by atoms with van der Waals surface area (Å²) >= 11 is 0. The van der Waals surface area contributed by atoms with Crippen LogP contribution >= 0.6 is 0 Å². The lowest BCUT2D eigenvalue weighted by Crippen LogP contribution is -2.20. The third kappa shape index (κ3) is 3.50. The van der Waals surface area contributed by atoms with E-state index in [0.29, 0.717) is 13.2 Å². The van der Waals surface area contributed by atoms with Crippen LogP contribution in [-0.4, -0.2) is 26.3 Å². The maximum absolute atomic E-state index is 5.57. The maximum atomic E-state index is 5.57. The Hall–Kier alpha value is -1.48. The van der Waals surface area contributed by atoms with Crippen LogP contribution in [0.2, 0.25) is 0 Å². The first-order valence-corrected chi connectivity index (χ1v) is 6.55. The van der Waals surface area contributed by atoms with Crippen LogP contribution in [0.1, 0.15) is 18.9 Å². The molecule has 2 rings (SSSR count). The van der Waals surface area contributed by atoms with E-state index >= 15 is 0 Å². The first-order valence-electron chi connectivity index (χ1n) is 6.55. The van der Waals surface area contributed by atoms with Gasteiger partial charge in [0.15, 0.2) is 11.5 Å². The minimum Gasteiger partial charge on any atom is -0.486 e. The smallest absolute Gasteiger partial charge is 0.161 e. The fourth-order valence-electron chi connectivity index (χ4n) is 1.87. The highest BCUT2D eigenvalue weighted by atomic mass is 16.6. The van der Waals surface area contributed by atoms with Crippen molar-refractivity contribution in [3.05, 3.63) is 35.9 Å². The van der Waals surface area contributed by atoms with Gasteiger partial charge in [-0.05, 0) is 37.1 Å². The average molecular weight is 247 g/mol. The molecule has 1 N–H and O–H groups in total. The molecule has 3 heteroatoms. The van der Waals surface area contributed by atoms with Gasteiger partial charge in [-0.1, -0.05) is 25.1 Å². The molecule has 1 aliphatic rings. The molecule has 0 unspecified atom stereocenters. The van der Waals surface area contributed by atoms with Crippen molar-refractivity contribution in [1.82, 2.24) is 5.32 Å². The zero-order chi connectivity index (χ0) is 12.8. The molecule has 0 fully saturated rings. The summed E-state index contributed by atoms with van der Waals surface area (Å²) in [7, 11) is 0. The summed E-state index contributed by atoms with van der Waals surface area (Å²) in [5.74, 6) is 1.73. The number of fused-ring (bicyclic) bond motifs is 1. The standard InChI is InChI=1S/C15H21NO2/c1-3-12(2)11-16-7-6-13-4-5-14-15(10-13)18-9-8-17-14/h4-5,10,16H,2-3,6-9,11H2,1H3. The first-order chi connectivity index (χ1) is 8.79. The largest absolute Gasteiger partial charge is 0.486 e. The third-order valence-corrected chi connectivity index (χ3v) is 3.07. The van der Waals surface area contributed by atoms with Gasteiger partial charge < -0.3 is 14.8 Å². The molecule has 0 amide bonds. The van der Waals surface area contributed by atoms with E-state index < -0.39 is 0 Å². The molecule has 0 saturated carbocycles. The van der Waals surface area contributed by atoms with Gasteiger partial charge in [0.25, 0.3) is 0 Å². The van der Waals surface area contributed by atoms with Gasteiger partial charge in [-0.15, -0.1) is 0 Å². The Labute approximate surface area is 109 Å². The van der Waals surface area contributed by atoms with Gasteiger partial charge in [0, 0.05) is 6.54 Å². The fourth-order valence-corrected chi connectivity index (χ4v) is 1.87. The molecule has 3 nitrogen and oxygen atoms in total. The van der Waals surface area contributed by atoms with Crippen molar-refractivity contribution in [2.24, 2.45) is 0 Å². The summed E-state index contributed by atoms with van der Waals surface area (Å²) in [5.41, 5.74) is 2.52. The molecule has 1 heterocycles. The van der Waals surface area contributed by atoms with Gasteiger partial charge >= 0.3 is 0 Å². The maximum Gasteiger partial charge on any atom is 0.161 e. The van der Waals surface area contributed by atoms with Crippen LogP contribution in [0, 0.1) is 0 Å². The Bertz CT molecular complexity index is 415. The van der Waals surface area contributed by atoms with E-state index in [-0.39, 0.29) is 0 Å². The number of benzene rings is 1. The van der Waals surface area contributed by atoms with E-state index in [4.69, 9.17) is 9.47 Å². The number of hydrogen-bond acceptors (Lipinski definition) is 3. The van der Waals surface area contributed by atoms with Gasteiger partial charge in [0.1, 0.15) is 13.2 Å². The fraction of sp³-hybridized carbons (Fsp3) is 0.467. The molecule has 0 radical (unpaired) electrons. The van der Waals surface area contributed by atoms with Crippen LogP contribution in [0.25, 0.3) is 0 Å². The lowest BCUT2D eigenvalue weighted by Gasteiger charge is -2.18. The summed E-state index contributed by atoms with van der Waals surface area (Å²) in [6, 6.07) is 6.17. The molecule has 0 bridgehead atoms. The molecule has 18 heavy (non-hydrogen) atoms. The Morgan fingerprint density at radius 2 is 2.06 bits per heavy atom. The Morgan fingerprint density at radius 3 is 2.83 bits per heavy atom. The van der Waals surface area contributed by atoms with Gasteiger partial charge in [-0.3, -0.25) is 0 Å². The van der Waals surface area contributed by atoms with Crippen LogP contribution in [0.3, 0.4) is 0 Å². The second kappa shape index (κ2) is 6.45. The van der Waals surface area contributed by atoms with E-state index in [1.165, 1.54) is 11.1 Å². The summed E-state index contributed by atoms with van der Waals surface area (Å²) in [4.78, 5) is 0. The minimum atomic E-state index is 0.644. The summed E-state index contributed by atoms with van der Waals surface area (Å²) in [5, 5.41) is 3.39. The number of rotatable bonds is 6. The molecule has 0 atom stereocenters. The van der Waals surface area contributed by atoms with Crippen molar-refractivity contribution in [2.45, 2.75) is 19.8 Å². The quantitative estimate of drug-likeness (QED) is 0.619. The summed E-state index contributed by atoms with van der Waals surface area (Å²) < 4.78 is 11.1. The Kier molecular flexibility index (Phi) is 4.65. The van der Waals surface area contributed by atoms with Crippen LogP contribution in [0.4, 0.5) is 0 Å². The summed E-state index contributed by atoms with van der Waals surface area (Å²) in [6.45, 7) is 9.26. The molecule has 0 saturated heterocycles. The molecule has 0 aliphatic carbocycles. The van der Waals surface area contributed by atoms with Crippen molar-refractivity contribution in [2.75, 3.05) is 26.3 Å².